The molecule has 4 rings (SSSR count). The van der Waals surface area contributed by atoms with Crippen LogP contribution in [-0.4, -0.2) is 65.7 Å². The minimum absolute atomic E-state index is 0.322. The van der Waals surface area contributed by atoms with Crippen molar-refractivity contribution in [1.29, 1.82) is 0 Å². The normalized spacial score (nSPS) is 14.0. The van der Waals surface area contributed by atoms with Gasteiger partial charge in [0.05, 0.1) is 18.1 Å². The van der Waals surface area contributed by atoms with E-state index in [1.54, 1.807) is 12.1 Å². The summed E-state index contributed by atoms with van der Waals surface area (Å²) in [7, 11) is -3.53. The standard InChI is InChI=1S/C24H29N3O3S.C2H2O4/c1-19-15-22(18-25-17-21-7-4-3-5-8-21)20(2)27(19)23-9-6-10-24(16-23)31(28,29)26-11-13-30-14-12-26;3-1(4)2(5)6/h3-10,15-16,25H,11-14,17-18H2,1-2H3;(H,3,4)(H,5,6). The maximum Gasteiger partial charge on any atom is 0.414 e. The number of carboxylic acids is 2. The minimum Gasteiger partial charge on any atom is -0.473 e. The topological polar surface area (TPSA) is 138 Å². The van der Waals surface area contributed by atoms with Gasteiger partial charge in [0.25, 0.3) is 0 Å². The van der Waals surface area contributed by atoms with E-state index < -0.39 is 22.0 Å². The van der Waals surface area contributed by atoms with Gasteiger partial charge in [-0.15, -0.1) is 0 Å². The summed E-state index contributed by atoms with van der Waals surface area (Å²) >= 11 is 0. The Bertz CT molecular complexity index is 1320. The van der Waals surface area contributed by atoms with Crippen molar-refractivity contribution >= 4 is 22.0 Å². The van der Waals surface area contributed by atoms with Crippen LogP contribution in [-0.2, 0) is 37.4 Å². The lowest BCUT2D eigenvalue weighted by molar-refractivity contribution is -0.159. The monoisotopic (exact) mass is 529 g/mol. The van der Waals surface area contributed by atoms with Gasteiger partial charge in [-0.05, 0) is 49.2 Å². The van der Waals surface area contributed by atoms with E-state index in [1.165, 1.54) is 15.4 Å². The van der Waals surface area contributed by atoms with Crippen LogP contribution in [0.5, 0.6) is 0 Å². The largest absolute Gasteiger partial charge is 0.473 e. The number of ether oxygens (including phenoxy) is 1. The second kappa shape index (κ2) is 12.6. The van der Waals surface area contributed by atoms with Gasteiger partial charge < -0.3 is 24.8 Å². The number of morpholine rings is 1. The SMILES string of the molecule is Cc1cc(CNCc2ccccc2)c(C)n1-c1cccc(S(=O)(=O)N2CCOCC2)c1.O=C(O)C(=O)O. The first-order valence-corrected chi connectivity index (χ1v) is 13.1. The highest BCUT2D eigenvalue weighted by Gasteiger charge is 2.26. The summed E-state index contributed by atoms with van der Waals surface area (Å²) in [5, 5.41) is 18.3. The lowest BCUT2D eigenvalue weighted by atomic mass is 10.2. The molecule has 11 heteroatoms. The van der Waals surface area contributed by atoms with E-state index in [4.69, 9.17) is 24.5 Å². The molecular formula is C26H31N3O7S. The lowest BCUT2D eigenvalue weighted by Gasteiger charge is -2.26. The van der Waals surface area contributed by atoms with E-state index in [1.807, 2.05) is 30.3 Å². The van der Waals surface area contributed by atoms with Crippen molar-refractivity contribution in [2.24, 2.45) is 0 Å². The van der Waals surface area contributed by atoms with Crippen LogP contribution in [0.3, 0.4) is 0 Å². The average molecular weight is 530 g/mol. The van der Waals surface area contributed by atoms with Crippen molar-refractivity contribution in [2.75, 3.05) is 26.3 Å². The summed E-state index contributed by atoms with van der Waals surface area (Å²) in [5.74, 6) is -3.65. The zero-order valence-electron chi connectivity index (χ0n) is 20.8. The van der Waals surface area contributed by atoms with Gasteiger partial charge in [-0.25, -0.2) is 18.0 Å². The fourth-order valence-corrected chi connectivity index (χ4v) is 5.51. The predicted molar refractivity (Wildman–Crippen MR) is 137 cm³/mol. The van der Waals surface area contributed by atoms with Crippen LogP contribution in [0.25, 0.3) is 5.69 Å². The molecule has 0 aliphatic carbocycles. The van der Waals surface area contributed by atoms with E-state index in [0.29, 0.717) is 31.2 Å². The van der Waals surface area contributed by atoms with Crippen molar-refractivity contribution in [3.8, 4) is 5.69 Å². The highest BCUT2D eigenvalue weighted by atomic mass is 32.2. The van der Waals surface area contributed by atoms with Crippen LogP contribution in [0, 0.1) is 13.8 Å². The van der Waals surface area contributed by atoms with Gasteiger partial charge in [-0.2, -0.15) is 4.31 Å². The second-order valence-corrected chi connectivity index (χ2v) is 10.4. The number of aliphatic carboxylic acids is 2. The molecule has 0 amide bonds. The van der Waals surface area contributed by atoms with Gasteiger partial charge in [-0.3, -0.25) is 0 Å². The molecule has 198 valence electrons. The Morgan fingerprint density at radius 1 is 0.919 bits per heavy atom. The Morgan fingerprint density at radius 2 is 1.57 bits per heavy atom. The smallest absolute Gasteiger partial charge is 0.414 e. The van der Waals surface area contributed by atoms with Crippen LogP contribution in [0.4, 0.5) is 0 Å². The van der Waals surface area contributed by atoms with E-state index in [0.717, 1.165) is 30.2 Å². The third-order valence-electron chi connectivity index (χ3n) is 5.89. The molecular weight excluding hydrogens is 498 g/mol. The van der Waals surface area contributed by atoms with Crippen molar-refractivity contribution in [3.05, 3.63) is 83.2 Å². The van der Waals surface area contributed by atoms with Crippen molar-refractivity contribution in [2.45, 2.75) is 31.8 Å². The van der Waals surface area contributed by atoms with Gasteiger partial charge >= 0.3 is 11.9 Å². The molecule has 0 spiro atoms. The van der Waals surface area contributed by atoms with Crippen LogP contribution in [0.1, 0.15) is 22.5 Å². The highest BCUT2D eigenvalue weighted by Crippen LogP contribution is 2.25. The van der Waals surface area contributed by atoms with Gasteiger partial charge in [0, 0.05) is 43.3 Å². The molecule has 10 nitrogen and oxygen atoms in total. The molecule has 3 N–H and O–H groups in total. The fourth-order valence-electron chi connectivity index (χ4n) is 4.06. The number of sulfonamides is 1. The molecule has 1 aromatic heterocycles. The zero-order chi connectivity index (χ0) is 27.0. The Balaban J connectivity index is 0.000000568. The molecule has 2 aromatic carbocycles. The van der Waals surface area contributed by atoms with E-state index >= 15 is 0 Å². The van der Waals surface area contributed by atoms with Crippen LogP contribution in [0.15, 0.2) is 65.6 Å². The number of aryl methyl sites for hydroxylation is 1. The first-order valence-electron chi connectivity index (χ1n) is 11.7. The lowest BCUT2D eigenvalue weighted by Crippen LogP contribution is -2.40. The number of hydrogen-bond donors (Lipinski definition) is 3. The van der Waals surface area contributed by atoms with E-state index in [9.17, 15) is 8.42 Å². The van der Waals surface area contributed by atoms with Gasteiger partial charge in [0.15, 0.2) is 0 Å². The molecule has 1 fully saturated rings. The number of benzene rings is 2. The summed E-state index contributed by atoms with van der Waals surface area (Å²) in [6.07, 6.45) is 0. The summed E-state index contributed by atoms with van der Waals surface area (Å²) < 4.78 is 35.1. The zero-order valence-corrected chi connectivity index (χ0v) is 21.6. The number of nitrogens with one attached hydrogen (secondary N) is 1. The van der Waals surface area contributed by atoms with Gasteiger partial charge in [0.1, 0.15) is 0 Å². The van der Waals surface area contributed by atoms with Crippen LogP contribution >= 0.6 is 0 Å². The molecule has 0 bridgehead atoms. The summed E-state index contributed by atoms with van der Waals surface area (Å²) in [6, 6.07) is 19.7. The molecule has 2 heterocycles. The first kappa shape index (κ1) is 28.1. The summed E-state index contributed by atoms with van der Waals surface area (Å²) in [4.78, 5) is 18.5. The maximum atomic E-state index is 13.1. The minimum atomic E-state index is -3.53. The molecule has 0 atom stereocenters. The number of carbonyl (C=O) groups is 2. The number of nitrogens with zero attached hydrogens (tertiary/aromatic N) is 2. The Hall–Kier alpha value is -3.51. The Labute approximate surface area is 216 Å². The fraction of sp³-hybridized carbons (Fsp3) is 0.308. The Kier molecular flexibility index (Phi) is 9.59. The molecule has 1 aliphatic heterocycles. The number of aromatic nitrogens is 1. The molecule has 0 saturated carbocycles. The molecule has 37 heavy (non-hydrogen) atoms. The third-order valence-corrected chi connectivity index (χ3v) is 7.78. The quantitative estimate of drug-likeness (QED) is 0.397. The van der Waals surface area contributed by atoms with Crippen LogP contribution < -0.4 is 5.32 Å². The van der Waals surface area contributed by atoms with Crippen molar-refractivity contribution < 1.29 is 33.0 Å². The number of hydrogen-bond acceptors (Lipinski definition) is 6. The maximum absolute atomic E-state index is 13.1. The summed E-state index contributed by atoms with van der Waals surface area (Å²) in [6.45, 7) is 7.35. The van der Waals surface area contributed by atoms with Crippen molar-refractivity contribution in [1.82, 2.24) is 14.2 Å². The number of carboxylic acid groups (broad SMARTS) is 2. The molecule has 3 aromatic rings. The van der Waals surface area contributed by atoms with Gasteiger partial charge in [-0.1, -0.05) is 36.4 Å². The molecule has 0 unspecified atom stereocenters. The third kappa shape index (κ3) is 7.26. The van der Waals surface area contributed by atoms with Crippen molar-refractivity contribution in [3.63, 3.8) is 0 Å². The highest BCUT2D eigenvalue weighted by molar-refractivity contribution is 7.89. The van der Waals surface area contributed by atoms with Crippen LogP contribution in [0.2, 0.25) is 0 Å². The molecule has 1 saturated heterocycles. The van der Waals surface area contributed by atoms with E-state index in [2.05, 4.69) is 41.9 Å². The second-order valence-electron chi connectivity index (χ2n) is 8.45. The predicted octanol–water partition coefficient (Wildman–Crippen LogP) is 2.56. The number of rotatable bonds is 7. The Morgan fingerprint density at radius 3 is 2.19 bits per heavy atom. The summed E-state index contributed by atoms with van der Waals surface area (Å²) in [5.41, 5.74) is 5.50. The average Bonchev–Trinajstić information content (AvgIpc) is 3.18. The first-order chi connectivity index (χ1) is 17.6. The van der Waals surface area contributed by atoms with E-state index in [-0.39, 0.29) is 0 Å². The van der Waals surface area contributed by atoms with Gasteiger partial charge in [0.2, 0.25) is 10.0 Å². The molecule has 1 aliphatic rings. The molecule has 0 radical (unpaired) electrons.